The van der Waals surface area contributed by atoms with Crippen LogP contribution in [0.25, 0.3) is 0 Å². The molecule has 0 spiro atoms. The first-order valence-electron chi connectivity index (χ1n) is 6.67. The molecule has 0 unspecified atom stereocenters. The predicted molar refractivity (Wildman–Crippen MR) is 85.2 cm³/mol. The second-order valence-corrected chi connectivity index (χ2v) is 7.02. The fraction of sp³-hybridized carbons (Fsp3) is 0.267. The summed E-state index contributed by atoms with van der Waals surface area (Å²) >= 11 is 5.82. The third-order valence-electron chi connectivity index (χ3n) is 3.08. The first kappa shape index (κ1) is 16.9. The zero-order valence-corrected chi connectivity index (χ0v) is 13.7. The number of aromatic nitrogens is 1. The molecule has 0 fully saturated rings. The summed E-state index contributed by atoms with van der Waals surface area (Å²) in [5.74, 6) is 0. The van der Waals surface area contributed by atoms with Crippen molar-refractivity contribution < 1.29 is 13.2 Å². The molecule has 0 saturated heterocycles. The van der Waals surface area contributed by atoms with Gasteiger partial charge in [-0.1, -0.05) is 17.7 Å². The van der Waals surface area contributed by atoms with Crippen LogP contribution in [0.15, 0.2) is 53.7 Å². The lowest BCUT2D eigenvalue weighted by Gasteiger charge is -2.22. The van der Waals surface area contributed by atoms with Gasteiger partial charge in [-0.05, 0) is 35.9 Å². The number of hydrogen-bond donors (Lipinski definition) is 0. The monoisotopic (exact) mass is 340 g/mol. The molecule has 0 aliphatic heterocycles. The molecule has 0 amide bonds. The van der Waals surface area contributed by atoms with E-state index in [1.54, 1.807) is 30.6 Å². The molecule has 0 aliphatic carbocycles. The maximum absolute atomic E-state index is 12.8. The van der Waals surface area contributed by atoms with Crippen molar-refractivity contribution in [1.82, 2.24) is 9.29 Å². The number of pyridine rings is 1. The van der Waals surface area contributed by atoms with E-state index >= 15 is 0 Å². The van der Waals surface area contributed by atoms with Crippen LogP contribution in [0.2, 0.25) is 5.02 Å². The number of nitrogens with zero attached hydrogens (tertiary/aromatic N) is 2. The lowest BCUT2D eigenvalue weighted by Crippen LogP contribution is -2.33. The molecule has 0 atom stereocenters. The average molecular weight is 341 g/mol. The van der Waals surface area contributed by atoms with E-state index in [9.17, 15) is 8.42 Å². The van der Waals surface area contributed by atoms with Gasteiger partial charge >= 0.3 is 0 Å². The molecular weight excluding hydrogens is 324 g/mol. The van der Waals surface area contributed by atoms with E-state index in [2.05, 4.69) is 4.98 Å². The van der Waals surface area contributed by atoms with Gasteiger partial charge in [0.1, 0.15) is 0 Å². The summed E-state index contributed by atoms with van der Waals surface area (Å²) in [6, 6.07) is 9.74. The molecular formula is C15H17ClN2O3S. The molecule has 2 aromatic rings. The van der Waals surface area contributed by atoms with Crippen molar-refractivity contribution in [3.8, 4) is 0 Å². The molecule has 1 aromatic heterocycles. The number of sulfonamides is 1. The topological polar surface area (TPSA) is 59.5 Å². The maximum Gasteiger partial charge on any atom is 0.243 e. The van der Waals surface area contributed by atoms with Crippen LogP contribution in [0.1, 0.15) is 5.56 Å². The molecule has 22 heavy (non-hydrogen) atoms. The zero-order valence-electron chi connectivity index (χ0n) is 12.1. The van der Waals surface area contributed by atoms with Crippen LogP contribution in [-0.2, 0) is 21.3 Å². The van der Waals surface area contributed by atoms with E-state index in [0.29, 0.717) is 11.6 Å². The quantitative estimate of drug-likeness (QED) is 0.777. The molecule has 7 heteroatoms. The van der Waals surface area contributed by atoms with Crippen LogP contribution in [0, 0.1) is 0 Å². The number of halogens is 1. The van der Waals surface area contributed by atoms with Crippen molar-refractivity contribution in [2.24, 2.45) is 0 Å². The van der Waals surface area contributed by atoms with E-state index in [0.717, 1.165) is 5.56 Å². The Kier molecular flexibility index (Phi) is 5.90. The molecule has 118 valence electrons. The van der Waals surface area contributed by atoms with Gasteiger partial charge in [-0.3, -0.25) is 4.98 Å². The smallest absolute Gasteiger partial charge is 0.243 e. The Morgan fingerprint density at radius 3 is 2.55 bits per heavy atom. The van der Waals surface area contributed by atoms with Gasteiger partial charge in [-0.15, -0.1) is 0 Å². The van der Waals surface area contributed by atoms with Crippen LogP contribution in [0.4, 0.5) is 0 Å². The Balaban J connectivity index is 2.28. The Labute approximate surface area is 135 Å². The van der Waals surface area contributed by atoms with E-state index < -0.39 is 10.0 Å². The number of hydrogen-bond acceptors (Lipinski definition) is 4. The van der Waals surface area contributed by atoms with E-state index in [1.165, 1.54) is 23.5 Å². The van der Waals surface area contributed by atoms with Gasteiger partial charge in [0, 0.05) is 37.6 Å². The lowest BCUT2D eigenvalue weighted by atomic mass is 10.3. The molecule has 0 bridgehead atoms. The Bertz CT molecular complexity index is 690. The summed E-state index contributed by atoms with van der Waals surface area (Å²) in [7, 11) is -2.08. The Morgan fingerprint density at radius 1 is 1.23 bits per heavy atom. The van der Waals surface area contributed by atoms with E-state index in [1.807, 2.05) is 6.07 Å². The fourth-order valence-corrected chi connectivity index (χ4v) is 3.47. The van der Waals surface area contributed by atoms with Gasteiger partial charge in [-0.2, -0.15) is 4.31 Å². The third kappa shape index (κ3) is 4.27. The standard InChI is InChI=1S/C15H17ClN2O3S/c1-21-10-9-18(12-13-3-2-8-17-11-13)22(19,20)15-6-4-14(16)5-7-15/h2-8,11H,9-10,12H2,1H3. The van der Waals surface area contributed by atoms with Gasteiger partial charge in [-0.25, -0.2) is 8.42 Å². The lowest BCUT2D eigenvalue weighted by molar-refractivity contribution is 0.177. The SMILES string of the molecule is COCCN(Cc1cccnc1)S(=O)(=O)c1ccc(Cl)cc1. The number of ether oxygens (including phenoxy) is 1. The van der Waals surface area contributed by atoms with Crippen molar-refractivity contribution in [3.63, 3.8) is 0 Å². The van der Waals surface area contributed by atoms with Crippen LogP contribution < -0.4 is 0 Å². The number of methoxy groups -OCH3 is 1. The van der Waals surface area contributed by atoms with Crippen molar-refractivity contribution in [2.75, 3.05) is 20.3 Å². The van der Waals surface area contributed by atoms with Crippen LogP contribution in [0.3, 0.4) is 0 Å². The van der Waals surface area contributed by atoms with Gasteiger partial charge < -0.3 is 4.74 Å². The van der Waals surface area contributed by atoms with Crippen LogP contribution in [-0.4, -0.2) is 38.0 Å². The highest BCUT2D eigenvalue weighted by Gasteiger charge is 2.24. The molecule has 0 radical (unpaired) electrons. The largest absolute Gasteiger partial charge is 0.383 e. The summed E-state index contributed by atoms with van der Waals surface area (Å²) in [6.45, 7) is 0.811. The van der Waals surface area contributed by atoms with Gasteiger partial charge in [0.2, 0.25) is 10.0 Å². The minimum Gasteiger partial charge on any atom is -0.383 e. The minimum absolute atomic E-state index is 0.205. The normalized spacial score (nSPS) is 11.8. The highest BCUT2D eigenvalue weighted by molar-refractivity contribution is 7.89. The highest BCUT2D eigenvalue weighted by Crippen LogP contribution is 2.20. The van der Waals surface area contributed by atoms with Crippen molar-refractivity contribution in [3.05, 3.63) is 59.4 Å². The molecule has 0 aliphatic rings. The summed E-state index contributed by atoms with van der Waals surface area (Å²) < 4.78 is 31.9. The first-order chi connectivity index (χ1) is 10.5. The summed E-state index contributed by atoms with van der Waals surface area (Å²) in [5, 5.41) is 0.495. The average Bonchev–Trinajstić information content (AvgIpc) is 2.52. The summed E-state index contributed by atoms with van der Waals surface area (Å²) in [4.78, 5) is 4.22. The number of rotatable bonds is 7. The summed E-state index contributed by atoms with van der Waals surface area (Å²) in [6.07, 6.45) is 3.30. The Hall–Kier alpha value is -1.47. The fourth-order valence-electron chi connectivity index (χ4n) is 1.93. The summed E-state index contributed by atoms with van der Waals surface area (Å²) in [5.41, 5.74) is 0.816. The zero-order chi connectivity index (χ0) is 16.0. The minimum atomic E-state index is -3.62. The molecule has 1 heterocycles. The predicted octanol–water partition coefficient (Wildman–Crippen LogP) is 2.57. The third-order valence-corrected chi connectivity index (χ3v) is 5.19. The van der Waals surface area contributed by atoms with Gasteiger partial charge in [0.15, 0.2) is 0 Å². The van der Waals surface area contributed by atoms with Crippen LogP contribution in [0.5, 0.6) is 0 Å². The van der Waals surface area contributed by atoms with Gasteiger partial charge in [0.05, 0.1) is 11.5 Å². The number of benzene rings is 1. The van der Waals surface area contributed by atoms with Crippen LogP contribution >= 0.6 is 11.6 Å². The van der Waals surface area contributed by atoms with E-state index in [4.69, 9.17) is 16.3 Å². The van der Waals surface area contributed by atoms with Gasteiger partial charge in [0.25, 0.3) is 0 Å². The molecule has 5 nitrogen and oxygen atoms in total. The highest BCUT2D eigenvalue weighted by atomic mass is 35.5. The molecule has 1 aromatic carbocycles. The Morgan fingerprint density at radius 2 is 1.95 bits per heavy atom. The molecule has 0 saturated carbocycles. The molecule has 0 N–H and O–H groups in total. The maximum atomic E-state index is 12.8. The van der Waals surface area contributed by atoms with Crippen molar-refractivity contribution in [2.45, 2.75) is 11.4 Å². The van der Waals surface area contributed by atoms with E-state index in [-0.39, 0.29) is 18.0 Å². The van der Waals surface area contributed by atoms with Crippen molar-refractivity contribution in [1.29, 1.82) is 0 Å². The second-order valence-electron chi connectivity index (χ2n) is 4.65. The van der Waals surface area contributed by atoms with Crippen molar-refractivity contribution >= 4 is 21.6 Å². The second kappa shape index (κ2) is 7.69. The molecule has 2 rings (SSSR count). The first-order valence-corrected chi connectivity index (χ1v) is 8.49.